The van der Waals surface area contributed by atoms with Crippen molar-refractivity contribution < 1.29 is 0 Å². The minimum Gasteiger partial charge on any atom is -0.316 e. The summed E-state index contributed by atoms with van der Waals surface area (Å²) < 4.78 is 0. The maximum absolute atomic E-state index is 5.62. The van der Waals surface area contributed by atoms with Gasteiger partial charge in [-0.3, -0.25) is 0 Å². The Balaban J connectivity index is 3.29. The third-order valence-corrected chi connectivity index (χ3v) is 1.59. The predicted octanol–water partition coefficient (Wildman–Crippen LogP) is 0.537. The minimum atomic E-state index is 0.167. The number of hydrogen-bond acceptors (Lipinski definition) is 2. The van der Waals surface area contributed by atoms with Crippen molar-refractivity contribution in [3.05, 3.63) is 0 Å². The minimum absolute atomic E-state index is 0.167. The topological polar surface area (TPSA) is 38.0 Å². The summed E-state index contributed by atoms with van der Waals surface area (Å²) in [6.07, 6.45) is 1.31. The summed E-state index contributed by atoms with van der Waals surface area (Å²) >= 11 is 0. The fraction of sp³-hybridized carbons (Fsp3) is 1.00. The first-order chi connectivity index (χ1) is 3.72. The number of rotatable bonds is 3. The van der Waals surface area contributed by atoms with Crippen LogP contribution in [-0.2, 0) is 0 Å². The highest BCUT2D eigenvalue weighted by Crippen LogP contribution is 2.00. The van der Waals surface area contributed by atoms with E-state index in [4.69, 9.17) is 5.73 Å². The van der Waals surface area contributed by atoms with E-state index < -0.39 is 0 Å². The molecule has 2 heteroatoms. The molecule has 0 bridgehead atoms. The van der Waals surface area contributed by atoms with Crippen LogP contribution in [0.15, 0.2) is 0 Å². The molecule has 50 valence electrons. The zero-order valence-corrected chi connectivity index (χ0v) is 5.94. The van der Waals surface area contributed by atoms with E-state index in [2.05, 4.69) is 19.2 Å². The summed E-state index contributed by atoms with van der Waals surface area (Å²) in [5.74, 6) is 0.583. The SMILES string of the molecule is CCC(C)C(N)NC. The second-order valence-corrected chi connectivity index (χ2v) is 2.20. The molecule has 0 aromatic carbocycles. The monoisotopic (exact) mass is 116 g/mol. The normalized spacial score (nSPS) is 18.0. The molecule has 0 amide bonds. The van der Waals surface area contributed by atoms with Crippen LogP contribution in [0, 0.1) is 5.92 Å². The van der Waals surface area contributed by atoms with Gasteiger partial charge in [0, 0.05) is 0 Å². The van der Waals surface area contributed by atoms with Gasteiger partial charge in [-0.25, -0.2) is 0 Å². The lowest BCUT2D eigenvalue weighted by molar-refractivity contribution is 0.399. The Labute approximate surface area is 51.5 Å². The summed E-state index contributed by atoms with van der Waals surface area (Å²) in [4.78, 5) is 0. The zero-order valence-electron chi connectivity index (χ0n) is 5.94. The van der Waals surface area contributed by atoms with Gasteiger partial charge in [0.15, 0.2) is 0 Å². The van der Waals surface area contributed by atoms with Crippen LogP contribution in [0.5, 0.6) is 0 Å². The lowest BCUT2D eigenvalue weighted by Gasteiger charge is -2.16. The molecule has 0 heterocycles. The highest BCUT2D eigenvalue weighted by atomic mass is 15.0. The highest BCUT2D eigenvalue weighted by Gasteiger charge is 2.05. The lowest BCUT2D eigenvalue weighted by atomic mass is 10.1. The molecule has 0 saturated carbocycles. The van der Waals surface area contributed by atoms with Crippen LogP contribution in [0.25, 0.3) is 0 Å². The molecule has 0 fully saturated rings. The largest absolute Gasteiger partial charge is 0.316 e. The quantitative estimate of drug-likeness (QED) is 0.528. The van der Waals surface area contributed by atoms with Crippen LogP contribution in [0.2, 0.25) is 0 Å². The van der Waals surface area contributed by atoms with Gasteiger partial charge < -0.3 is 11.1 Å². The molecule has 2 nitrogen and oxygen atoms in total. The van der Waals surface area contributed by atoms with Crippen molar-refractivity contribution in [3.8, 4) is 0 Å². The molecular weight excluding hydrogens is 100 g/mol. The third kappa shape index (κ3) is 2.28. The fourth-order valence-electron chi connectivity index (χ4n) is 0.538. The van der Waals surface area contributed by atoms with E-state index in [9.17, 15) is 0 Å². The fourth-order valence-corrected chi connectivity index (χ4v) is 0.538. The molecule has 0 spiro atoms. The third-order valence-electron chi connectivity index (χ3n) is 1.59. The average Bonchev–Trinajstić information content (AvgIpc) is 1.84. The maximum atomic E-state index is 5.62. The first-order valence-electron chi connectivity index (χ1n) is 3.15. The van der Waals surface area contributed by atoms with Crippen molar-refractivity contribution in [2.24, 2.45) is 11.7 Å². The van der Waals surface area contributed by atoms with Gasteiger partial charge >= 0.3 is 0 Å². The molecule has 3 N–H and O–H groups in total. The standard InChI is InChI=1S/C6H16N2/c1-4-5(2)6(7)8-3/h5-6,8H,4,7H2,1-3H3. The van der Waals surface area contributed by atoms with Crippen LogP contribution in [0.1, 0.15) is 20.3 Å². The van der Waals surface area contributed by atoms with Crippen LogP contribution < -0.4 is 11.1 Å². The van der Waals surface area contributed by atoms with Crippen molar-refractivity contribution in [1.82, 2.24) is 5.32 Å². The van der Waals surface area contributed by atoms with Crippen molar-refractivity contribution in [2.75, 3.05) is 7.05 Å². The Morgan fingerprint density at radius 3 is 2.25 bits per heavy atom. The van der Waals surface area contributed by atoms with Gasteiger partial charge in [-0.2, -0.15) is 0 Å². The smallest absolute Gasteiger partial charge is 0.0570 e. The van der Waals surface area contributed by atoms with E-state index in [-0.39, 0.29) is 6.17 Å². The predicted molar refractivity (Wildman–Crippen MR) is 36.5 cm³/mol. The highest BCUT2D eigenvalue weighted by molar-refractivity contribution is 4.61. The van der Waals surface area contributed by atoms with Gasteiger partial charge in [0.25, 0.3) is 0 Å². The summed E-state index contributed by atoms with van der Waals surface area (Å²) in [7, 11) is 1.89. The Kier molecular flexibility index (Phi) is 3.83. The van der Waals surface area contributed by atoms with E-state index in [1.165, 1.54) is 0 Å². The maximum Gasteiger partial charge on any atom is 0.0570 e. The van der Waals surface area contributed by atoms with Crippen LogP contribution in [-0.4, -0.2) is 13.2 Å². The van der Waals surface area contributed by atoms with Gasteiger partial charge in [-0.15, -0.1) is 0 Å². The Morgan fingerprint density at radius 2 is 2.12 bits per heavy atom. The molecule has 0 radical (unpaired) electrons. The Morgan fingerprint density at radius 1 is 1.62 bits per heavy atom. The summed E-state index contributed by atoms with van der Waals surface area (Å²) in [6, 6.07) is 0. The Hall–Kier alpha value is -0.0800. The van der Waals surface area contributed by atoms with Crippen molar-refractivity contribution in [3.63, 3.8) is 0 Å². The molecule has 0 aliphatic carbocycles. The van der Waals surface area contributed by atoms with Crippen molar-refractivity contribution in [1.29, 1.82) is 0 Å². The first-order valence-corrected chi connectivity index (χ1v) is 3.15. The van der Waals surface area contributed by atoms with Gasteiger partial charge in [0.1, 0.15) is 0 Å². The summed E-state index contributed by atoms with van der Waals surface area (Å²) in [5.41, 5.74) is 5.62. The summed E-state index contributed by atoms with van der Waals surface area (Å²) in [5, 5.41) is 2.99. The van der Waals surface area contributed by atoms with E-state index >= 15 is 0 Å². The van der Waals surface area contributed by atoms with Crippen molar-refractivity contribution in [2.45, 2.75) is 26.4 Å². The molecule has 8 heavy (non-hydrogen) atoms. The molecule has 0 aromatic rings. The lowest BCUT2D eigenvalue weighted by Crippen LogP contribution is -2.39. The number of hydrogen-bond donors (Lipinski definition) is 2. The van der Waals surface area contributed by atoms with Crippen LogP contribution in [0.4, 0.5) is 0 Å². The average molecular weight is 116 g/mol. The van der Waals surface area contributed by atoms with Crippen LogP contribution in [0.3, 0.4) is 0 Å². The number of nitrogens with one attached hydrogen (secondary N) is 1. The number of nitrogens with two attached hydrogens (primary N) is 1. The van der Waals surface area contributed by atoms with Gasteiger partial charge in [-0.1, -0.05) is 20.3 Å². The molecule has 0 aliphatic heterocycles. The molecule has 2 atom stereocenters. The molecule has 2 unspecified atom stereocenters. The first kappa shape index (κ1) is 7.92. The molecule has 0 rings (SSSR count). The van der Waals surface area contributed by atoms with E-state index in [0.29, 0.717) is 5.92 Å². The van der Waals surface area contributed by atoms with Gasteiger partial charge in [0.2, 0.25) is 0 Å². The molecule has 0 saturated heterocycles. The van der Waals surface area contributed by atoms with E-state index in [0.717, 1.165) is 6.42 Å². The molecular formula is C6H16N2. The van der Waals surface area contributed by atoms with Crippen molar-refractivity contribution >= 4 is 0 Å². The zero-order chi connectivity index (χ0) is 6.57. The summed E-state index contributed by atoms with van der Waals surface area (Å²) in [6.45, 7) is 4.28. The van der Waals surface area contributed by atoms with Gasteiger partial charge in [-0.05, 0) is 13.0 Å². The second kappa shape index (κ2) is 3.87. The van der Waals surface area contributed by atoms with Gasteiger partial charge in [0.05, 0.1) is 6.17 Å². The van der Waals surface area contributed by atoms with Crippen LogP contribution >= 0.6 is 0 Å². The second-order valence-electron chi connectivity index (χ2n) is 2.20. The molecule has 0 aromatic heterocycles. The van der Waals surface area contributed by atoms with E-state index in [1.807, 2.05) is 7.05 Å². The molecule has 0 aliphatic rings. The Bertz CT molecular complexity index is 46.5. The van der Waals surface area contributed by atoms with E-state index in [1.54, 1.807) is 0 Å².